The number of benzene rings is 1. The van der Waals surface area contributed by atoms with Gasteiger partial charge in [-0.2, -0.15) is 5.10 Å². The number of carbonyl (C=O) groups is 1. The van der Waals surface area contributed by atoms with Crippen LogP contribution in [0.3, 0.4) is 0 Å². The number of ether oxygens (including phenoxy) is 1. The highest BCUT2D eigenvalue weighted by atomic mass is 79.9. The van der Waals surface area contributed by atoms with Gasteiger partial charge in [0.05, 0.1) is 22.5 Å². The predicted octanol–water partition coefficient (Wildman–Crippen LogP) is 2.30. The van der Waals surface area contributed by atoms with Crippen molar-refractivity contribution in [2.45, 2.75) is 30.8 Å². The zero-order valence-corrected chi connectivity index (χ0v) is 15.0. The summed E-state index contributed by atoms with van der Waals surface area (Å²) in [5, 5.41) is 11.2. The van der Waals surface area contributed by atoms with Gasteiger partial charge in [-0.15, -0.1) is 0 Å². The molecule has 3 atom stereocenters. The number of hydrogen-bond acceptors (Lipinski definition) is 4. The minimum Gasteiger partial charge on any atom is -0.496 e. The third-order valence-electron chi connectivity index (χ3n) is 6.31. The van der Waals surface area contributed by atoms with Crippen molar-refractivity contribution in [3.8, 4) is 5.75 Å². The summed E-state index contributed by atoms with van der Waals surface area (Å²) in [7, 11) is 1.62. The van der Waals surface area contributed by atoms with Crippen molar-refractivity contribution >= 4 is 32.7 Å². The molecule has 1 aromatic heterocycles. The van der Waals surface area contributed by atoms with Crippen LogP contribution in [-0.2, 0) is 0 Å². The molecule has 2 unspecified atom stereocenters. The summed E-state index contributed by atoms with van der Waals surface area (Å²) in [5.41, 5.74) is 1.66. The second-order valence-electron chi connectivity index (χ2n) is 7.10. The molecule has 6 nitrogen and oxygen atoms in total. The smallest absolute Gasteiger partial charge is 0.272 e. The van der Waals surface area contributed by atoms with E-state index in [0.717, 1.165) is 21.9 Å². The number of nitrogens with zero attached hydrogens (tertiary/aromatic N) is 2. The maximum Gasteiger partial charge on any atom is 0.272 e. The molecule has 5 rings (SSSR count). The third kappa shape index (κ3) is 1.74. The fourth-order valence-electron chi connectivity index (χ4n) is 4.88. The van der Waals surface area contributed by atoms with Crippen LogP contribution >= 0.6 is 15.9 Å². The molecule has 1 amide bonds. The van der Waals surface area contributed by atoms with Crippen molar-refractivity contribution in [2.75, 3.05) is 20.2 Å². The molecule has 2 aliphatic heterocycles. The van der Waals surface area contributed by atoms with Crippen LogP contribution in [0.15, 0.2) is 16.6 Å². The standard InChI is InChI=1S/C17H19BrN4O2/c1-24-12-3-2-10-13(14(12)18)15(21-20-10)16(23)19-11-8-22-7-6-17(22)5-4-9(11)17/h2-3,9,11H,4-8H2,1H3,(H,19,23)(H,20,21)/t9?,11-,17?/m0/s1. The number of aromatic amines is 1. The monoisotopic (exact) mass is 390 g/mol. The average Bonchev–Trinajstić information content (AvgIpc) is 3.00. The van der Waals surface area contributed by atoms with Crippen LogP contribution in [0, 0.1) is 5.92 Å². The number of carbonyl (C=O) groups excluding carboxylic acids is 1. The van der Waals surface area contributed by atoms with Crippen LogP contribution in [0.4, 0.5) is 0 Å². The van der Waals surface area contributed by atoms with Crippen molar-refractivity contribution in [3.63, 3.8) is 0 Å². The van der Waals surface area contributed by atoms with Crippen LogP contribution in [0.1, 0.15) is 29.8 Å². The number of hydrogen-bond donors (Lipinski definition) is 2. The Morgan fingerprint density at radius 3 is 3.00 bits per heavy atom. The molecule has 2 aromatic rings. The van der Waals surface area contributed by atoms with Crippen molar-refractivity contribution in [2.24, 2.45) is 5.92 Å². The van der Waals surface area contributed by atoms with E-state index in [-0.39, 0.29) is 11.9 Å². The first-order valence-corrected chi connectivity index (χ1v) is 9.20. The molecule has 0 bridgehead atoms. The van der Waals surface area contributed by atoms with E-state index in [1.807, 2.05) is 12.1 Å². The molecule has 1 aromatic carbocycles. The summed E-state index contributed by atoms with van der Waals surface area (Å²) in [6.45, 7) is 2.15. The van der Waals surface area contributed by atoms with Gasteiger partial charge in [-0.3, -0.25) is 14.8 Å². The number of fused-ring (bicyclic) bond motifs is 1. The van der Waals surface area contributed by atoms with E-state index >= 15 is 0 Å². The first-order valence-electron chi connectivity index (χ1n) is 8.40. The maximum absolute atomic E-state index is 12.9. The van der Waals surface area contributed by atoms with Crippen molar-refractivity contribution in [3.05, 3.63) is 22.3 Å². The summed E-state index contributed by atoms with van der Waals surface area (Å²) in [6, 6.07) is 3.97. The Bertz CT molecular complexity index is 846. The van der Waals surface area contributed by atoms with Gasteiger partial charge in [-0.25, -0.2) is 0 Å². The SMILES string of the molecule is COc1ccc2[nH]nc(C(=O)N[C@H]3CN4CCC45CCC35)c2c1Br. The van der Waals surface area contributed by atoms with E-state index in [1.165, 1.54) is 25.8 Å². The molecule has 1 saturated carbocycles. The Hall–Kier alpha value is -1.60. The molecule has 126 valence electrons. The Morgan fingerprint density at radius 1 is 1.50 bits per heavy atom. The average molecular weight is 391 g/mol. The third-order valence-corrected chi connectivity index (χ3v) is 7.10. The van der Waals surface area contributed by atoms with Gasteiger partial charge in [-0.05, 0) is 53.2 Å². The Kier molecular flexibility index (Phi) is 3.04. The van der Waals surface area contributed by atoms with E-state index in [4.69, 9.17) is 4.74 Å². The van der Waals surface area contributed by atoms with Gasteiger partial charge in [0.25, 0.3) is 5.91 Å². The Labute approximate surface area is 148 Å². The van der Waals surface area contributed by atoms with E-state index in [0.29, 0.717) is 22.9 Å². The molecule has 3 heterocycles. The van der Waals surface area contributed by atoms with Gasteiger partial charge in [0, 0.05) is 24.7 Å². The van der Waals surface area contributed by atoms with Crippen LogP contribution in [-0.4, -0.2) is 52.8 Å². The Balaban J connectivity index is 1.44. The van der Waals surface area contributed by atoms with Gasteiger partial charge in [0.15, 0.2) is 5.69 Å². The van der Waals surface area contributed by atoms with E-state index in [2.05, 4.69) is 36.3 Å². The summed E-state index contributed by atoms with van der Waals surface area (Å²) in [5.74, 6) is 1.20. The maximum atomic E-state index is 12.9. The first kappa shape index (κ1) is 14.7. The van der Waals surface area contributed by atoms with Gasteiger partial charge >= 0.3 is 0 Å². The summed E-state index contributed by atoms with van der Waals surface area (Å²) in [6.07, 6.45) is 3.80. The molecule has 2 saturated heterocycles. The molecule has 3 fully saturated rings. The summed E-state index contributed by atoms with van der Waals surface area (Å²) in [4.78, 5) is 15.4. The number of aromatic nitrogens is 2. The minimum atomic E-state index is -0.107. The molecular weight excluding hydrogens is 372 g/mol. The zero-order chi connectivity index (χ0) is 16.5. The fraction of sp³-hybridized carbons (Fsp3) is 0.529. The van der Waals surface area contributed by atoms with Gasteiger partial charge < -0.3 is 10.1 Å². The normalized spacial score (nSPS) is 31.1. The number of nitrogens with one attached hydrogen (secondary N) is 2. The second kappa shape index (κ2) is 4.95. The Morgan fingerprint density at radius 2 is 2.38 bits per heavy atom. The van der Waals surface area contributed by atoms with Gasteiger partial charge in [-0.1, -0.05) is 0 Å². The lowest BCUT2D eigenvalue weighted by Crippen LogP contribution is -2.64. The van der Waals surface area contributed by atoms with Crippen molar-refractivity contribution in [1.29, 1.82) is 0 Å². The topological polar surface area (TPSA) is 70.2 Å². The quantitative estimate of drug-likeness (QED) is 0.843. The lowest BCUT2D eigenvalue weighted by Gasteiger charge is -2.58. The highest BCUT2D eigenvalue weighted by molar-refractivity contribution is 9.10. The predicted molar refractivity (Wildman–Crippen MR) is 93.2 cm³/mol. The molecule has 24 heavy (non-hydrogen) atoms. The fourth-order valence-corrected chi connectivity index (χ4v) is 5.57. The van der Waals surface area contributed by atoms with E-state index < -0.39 is 0 Å². The lowest BCUT2D eigenvalue weighted by molar-refractivity contribution is -0.0676. The van der Waals surface area contributed by atoms with Crippen LogP contribution < -0.4 is 10.1 Å². The molecule has 3 aliphatic rings. The largest absolute Gasteiger partial charge is 0.496 e. The van der Waals surface area contributed by atoms with Crippen molar-refractivity contribution < 1.29 is 9.53 Å². The van der Waals surface area contributed by atoms with Crippen LogP contribution in [0.5, 0.6) is 5.75 Å². The van der Waals surface area contributed by atoms with Crippen LogP contribution in [0.2, 0.25) is 0 Å². The number of rotatable bonds is 3. The van der Waals surface area contributed by atoms with E-state index in [9.17, 15) is 4.79 Å². The zero-order valence-electron chi connectivity index (χ0n) is 13.4. The van der Waals surface area contributed by atoms with Crippen molar-refractivity contribution in [1.82, 2.24) is 20.4 Å². The molecule has 2 N–H and O–H groups in total. The number of amides is 1. The van der Waals surface area contributed by atoms with Crippen LogP contribution in [0.25, 0.3) is 10.9 Å². The molecule has 1 aliphatic carbocycles. The molecular formula is C17H19BrN4O2. The molecule has 7 heteroatoms. The number of methoxy groups -OCH3 is 1. The molecule has 1 spiro atoms. The number of H-pyrrole nitrogens is 1. The lowest BCUT2D eigenvalue weighted by atomic mass is 9.61. The van der Waals surface area contributed by atoms with Gasteiger partial charge in [0.1, 0.15) is 5.75 Å². The first-order chi connectivity index (χ1) is 11.6. The minimum absolute atomic E-state index is 0.107. The highest BCUT2D eigenvalue weighted by Gasteiger charge is 2.63. The van der Waals surface area contributed by atoms with E-state index in [1.54, 1.807) is 7.11 Å². The second-order valence-corrected chi connectivity index (χ2v) is 7.89. The highest BCUT2D eigenvalue weighted by Crippen LogP contribution is 2.57. The number of halogens is 1. The summed E-state index contributed by atoms with van der Waals surface area (Å²) < 4.78 is 6.10. The molecule has 0 radical (unpaired) electrons. The van der Waals surface area contributed by atoms with Gasteiger partial charge in [0.2, 0.25) is 0 Å². The summed E-state index contributed by atoms with van der Waals surface area (Å²) >= 11 is 3.54.